The molecule has 0 amide bonds. The first-order chi connectivity index (χ1) is 10.6. The quantitative estimate of drug-likeness (QED) is 0.230. The Morgan fingerprint density at radius 2 is 2.26 bits per heavy atom. The van der Waals surface area contributed by atoms with Crippen LogP contribution in [-0.2, 0) is 0 Å². The number of benzene rings is 1. The number of imidazole rings is 1. The summed E-state index contributed by atoms with van der Waals surface area (Å²) in [5, 5.41) is 19.7. The molecular formula is C12H6N7NaO3. The summed E-state index contributed by atoms with van der Waals surface area (Å²) in [6.45, 7) is 0. The maximum Gasteiger partial charge on any atom is 1.00 e. The molecule has 0 unspecified atom stereocenters. The molecule has 0 aliphatic carbocycles. The van der Waals surface area contributed by atoms with Crippen molar-refractivity contribution < 1.29 is 34.5 Å². The molecule has 1 aromatic carbocycles. The van der Waals surface area contributed by atoms with Gasteiger partial charge in [0.1, 0.15) is 5.69 Å². The average molecular weight is 319 g/mol. The van der Waals surface area contributed by atoms with E-state index in [2.05, 4.69) is 19.9 Å². The number of aromatic amines is 1. The molecule has 11 heteroatoms. The van der Waals surface area contributed by atoms with Gasteiger partial charge in [0.05, 0.1) is 23.0 Å². The first kappa shape index (κ1) is 16.6. The van der Waals surface area contributed by atoms with Gasteiger partial charge < -0.3 is 19.5 Å². The molecule has 3 aromatic rings. The molecule has 0 aliphatic rings. The average Bonchev–Trinajstić information content (AvgIpc) is 3.01. The number of nitrogens with one attached hydrogen (secondary N) is 1. The summed E-state index contributed by atoms with van der Waals surface area (Å²) in [5.41, 5.74) is -0.537. The van der Waals surface area contributed by atoms with Gasteiger partial charge in [-0.05, 0) is 11.6 Å². The van der Waals surface area contributed by atoms with Crippen LogP contribution in [0.15, 0.2) is 40.6 Å². The predicted molar refractivity (Wildman–Crippen MR) is 72.8 cm³/mol. The van der Waals surface area contributed by atoms with Crippen molar-refractivity contribution in [1.82, 2.24) is 19.5 Å². The van der Waals surface area contributed by atoms with E-state index in [1.54, 1.807) is 6.20 Å². The number of aromatic nitrogens is 4. The molecule has 0 spiro atoms. The van der Waals surface area contributed by atoms with Gasteiger partial charge in [0.15, 0.2) is 0 Å². The van der Waals surface area contributed by atoms with Crippen LogP contribution in [0.1, 0.15) is 0 Å². The molecule has 0 radical (unpaired) electrons. The standard InChI is InChI=1S/C12H7N7O3.Na/c13-5-15-11-12(20)17-8-4-10(19(21)22)9(3-7(8)16-11)18-2-1-14-6-18;/h1-4,6H,(H2,15,16,17,20);/q;+1/p-1. The van der Waals surface area contributed by atoms with Crippen LogP contribution < -0.4 is 45.6 Å². The fraction of sp³-hybridized carbons (Fsp3) is 0. The summed E-state index contributed by atoms with van der Waals surface area (Å²) >= 11 is 0. The Morgan fingerprint density at radius 3 is 2.87 bits per heavy atom. The van der Waals surface area contributed by atoms with E-state index in [9.17, 15) is 14.9 Å². The number of H-pyrrole nitrogens is 1. The van der Waals surface area contributed by atoms with Crippen molar-refractivity contribution in [3.63, 3.8) is 0 Å². The molecule has 3 rings (SSSR count). The summed E-state index contributed by atoms with van der Waals surface area (Å²) in [4.78, 5) is 35.8. The topological polar surface area (TPSA) is 144 Å². The normalized spacial score (nSPS) is 11.0. The minimum Gasteiger partial charge on any atom is -0.429 e. The fourth-order valence-corrected chi connectivity index (χ4v) is 1.98. The van der Waals surface area contributed by atoms with Gasteiger partial charge in [0.25, 0.3) is 5.69 Å². The first-order valence-corrected chi connectivity index (χ1v) is 5.91. The molecule has 0 saturated carbocycles. The zero-order chi connectivity index (χ0) is 15.7. The zero-order valence-electron chi connectivity index (χ0n) is 11.8. The van der Waals surface area contributed by atoms with Crippen LogP contribution in [0, 0.1) is 21.6 Å². The molecular weight excluding hydrogens is 313 g/mol. The smallest absolute Gasteiger partial charge is 0.429 e. The van der Waals surface area contributed by atoms with E-state index in [0.29, 0.717) is 0 Å². The van der Waals surface area contributed by atoms with Crippen LogP contribution in [-0.4, -0.2) is 19.5 Å². The van der Waals surface area contributed by atoms with Crippen molar-refractivity contribution in [3.8, 4) is 11.9 Å². The van der Waals surface area contributed by atoms with Gasteiger partial charge in [-0.25, -0.2) is 4.98 Å². The molecule has 1 N–H and O–H groups in total. The monoisotopic (exact) mass is 319 g/mol. The van der Waals surface area contributed by atoms with E-state index in [0.717, 1.165) is 0 Å². The Hall–Kier alpha value is -2.74. The number of nitro benzene ring substituents is 1. The Labute approximate surface area is 149 Å². The molecule has 108 valence electrons. The summed E-state index contributed by atoms with van der Waals surface area (Å²) in [7, 11) is 0. The number of nitriles is 1. The third-order valence-electron chi connectivity index (χ3n) is 2.91. The van der Waals surface area contributed by atoms with Crippen LogP contribution in [0.3, 0.4) is 0 Å². The van der Waals surface area contributed by atoms with Gasteiger partial charge in [0, 0.05) is 23.9 Å². The summed E-state index contributed by atoms with van der Waals surface area (Å²) in [6, 6.07) is 2.62. The van der Waals surface area contributed by atoms with Crippen molar-refractivity contribution in [2.75, 3.05) is 0 Å². The van der Waals surface area contributed by atoms with Gasteiger partial charge >= 0.3 is 29.6 Å². The maximum atomic E-state index is 11.7. The number of fused-ring (bicyclic) bond motifs is 1. The van der Waals surface area contributed by atoms with Gasteiger partial charge in [-0.3, -0.25) is 14.9 Å². The third kappa shape index (κ3) is 3.07. The van der Waals surface area contributed by atoms with E-state index in [-0.39, 0.29) is 57.5 Å². The predicted octanol–water partition coefficient (Wildman–Crippen LogP) is -3.04. The zero-order valence-corrected chi connectivity index (χ0v) is 13.8. The molecule has 23 heavy (non-hydrogen) atoms. The van der Waals surface area contributed by atoms with E-state index in [1.807, 2.05) is 0 Å². The minimum absolute atomic E-state index is 0. The third-order valence-corrected chi connectivity index (χ3v) is 2.91. The Morgan fingerprint density at radius 1 is 1.48 bits per heavy atom. The summed E-state index contributed by atoms with van der Waals surface area (Å²) in [6.07, 6.45) is 5.90. The number of hydrogen-bond acceptors (Lipinski definition) is 6. The molecule has 2 aromatic heterocycles. The summed E-state index contributed by atoms with van der Waals surface area (Å²) < 4.78 is 1.45. The van der Waals surface area contributed by atoms with E-state index >= 15 is 0 Å². The van der Waals surface area contributed by atoms with Crippen molar-refractivity contribution in [2.45, 2.75) is 0 Å². The number of hydrogen-bond donors (Lipinski definition) is 1. The summed E-state index contributed by atoms with van der Waals surface area (Å²) in [5.74, 6) is 0. The largest absolute Gasteiger partial charge is 1.00 e. The Kier molecular flexibility index (Phi) is 4.75. The maximum absolute atomic E-state index is 11.7. The van der Waals surface area contributed by atoms with Crippen molar-refractivity contribution in [3.05, 3.63) is 56.8 Å². The van der Waals surface area contributed by atoms with Gasteiger partial charge in [0.2, 0.25) is 5.56 Å². The molecule has 0 fully saturated rings. The second-order valence-corrected chi connectivity index (χ2v) is 4.19. The first-order valence-electron chi connectivity index (χ1n) is 5.91. The Balaban J connectivity index is 0.00000192. The van der Waals surface area contributed by atoms with Crippen LogP contribution in [0.4, 0.5) is 5.69 Å². The molecule has 0 bridgehead atoms. The second-order valence-electron chi connectivity index (χ2n) is 4.19. The van der Waals surface area contributed by atoms with E-state index in [4.69, 9.17) is 5.26 Å². The fourth-order valence-electron chi connectivity index (χ4n) is 1.98. The van der Waals surface area contributed by atoms with E-state index in [1.165, 1.54) is 35.4 Å². The SMILES string of the molecule is N#CN=c1[n-]c2cc(-n3ccnc3)c([N+](=O)[O-])cc2[nH]c1=O.[Na+]. The van der Waals surface area contributed by atoms with Crippen LogP contribution in [0.5, 0.6) is 0 Å². The van der Waals surface area contributed by atoms with Crippen molar-refractivity contribution >= 4 is 16.7 Å². The van der Waals surface area contributed by atoms with Crippen LogP contribution in [0.25, 0.3) is 16.7 Å². The molecule has 0 aliphatic heterocycles. The van der Waals surface area contributed by atoms with Gasteiger partial charge in [-0.15, -0.1) is 0 Å². The molecule has 2 heterocycles. The van der Waals surface area contributed by atoms with E-state index < -0.39 is 10.5 Å². The number of nitrogens with zero attached hydrogens (tertiary/aromatic N) is 6. The van der Waals surface area contributed by atoms with Gasteiger partial charge in [-0.1, -0.05) is 0 Å². The molecule has 10 nitrogen and oxygen atoms in total. The van der Waals surface area contributed by atoms with Crippen molar-refractivity contribution in [2.24, 2.45) is 4.99 Å². The Bertz CT molecular complexity index is 1040. The minimum atomic E-state index is -0.696. The van der Waals surface area contributed by atoms with Crippen LogP contribution >= 0.6 is 0 Å². The number of nitro groups is 1. The van der Waals surface area contributed by atoms with Crippen molar-refractivity contribution in [1.29, 1.82) is 5.26 Å². The molecule has 0 atom stereocenters. The number of rotatable bonds is 2. The molecule has 0 saturated heterocycles. The van der Waals surface area contributed by atoms with Gasteiger partial charge in [-0.2, -0.15) is 5.26 Å². The second kappa shape index (κ2) is 6.57. The van der Waals surface area contributed by atoms with Crippen LogP contribution in [0.2, 0.25) is 0 Å².